The number of hydrogen-bond donors (Lipinski definition) is 1. The molecular formula is C9H15F2N3. The Morgan fingerprint density at radius 2 is 2.21 bits per heavy atom. The molecule has 0 spiro atoms. The number of halogens is 2. The molecule has 0 bridgehead atoms. The zero-order chi connectivity index (χ0) is 10.6. The van der Waals surface area contributed by atoms with Crippen molar-refractivity contribution in [2.45, 2.75) is 32.9 Å². The lowest BCUT2D eigenvalue weighted by molar-refractivity contribution is 0.145. The molecule has 0 radical (unpaired) electrons. The van der Waals surface area contributed by atoms with E-state index in [9.17, 15) is 8.78 Å². The van der Waals surface area contributed by atoms with E-state index < -0.39 is 6.43 Å². The van der Waals surface area contributed by atoms with Crippen molar-refractivity contribution in [3.05, 3.63) is 18.0 Å². The molecule has 0 atom stereocenters. The van der Waals surface area contributed by atoms with E-state index in [1.807, 2.05) is 20.0 Å². The Morgan fingerprint density at radius 1 is 1.50 bits per heavy atom. The largest absolute Gasteiger partial charge is 0.307 e. The Balaban J connectivity index is 2.36. The molecule has 0 amide bonds. The Bertz CT molecular complexity index is 271. The van der Waals surface area contributed by atoms with Gasteiger partial charge < -0.3 is 5.32 Å². The van der Waals surface area contributed by atoms with Crippen LogP contribution in [0.25, 0.3) is 0 Å². The zero-order valence-corrected chi connectivity index (χ0v) is 8.37. The van der Waals surface area contributed by atoms with Gasteiger partial charge in [0.05, 0.1) is 12.7 Å². The molecule has 1 aromatic heterocycles. The van der Waals surface area contributed by atoms with Crippen LogP contribution in [-0.2, 0) is 6.54 Å². The highest BCUT2D eigenvalue weighted by Crippen LogP contribution is 2.04. The molecule has 80 valence electrons. The minimum Gasteiger partial charge on any atom is -0.307 e. The fourth-order valence-corrected chi connectivity index (χ4v) is 1.08. The lowest BCUT2D eigenvalue weighted by Gasteiger charge is -2.03. The summed E-state index contributed by atoms with van der Waals surface area (Å²) >= 11 is 0. The fraction of sp³-hybridized carbons (Fsp3) is 0.667. The van der Waals surface area contributed by atoms with Crippen LogP contribution < -0.4 is 5.32 Å². The van der Waals surface area contributed by atoms with Gasteiger partial charge >= 0.3 is 0 Å². The van der Waals surface area contributed by atoms with Crippen LogP contribution in [0.5, 0.6) is 0 Å². The maximum atomic E-state index is 11.8. The summed E-state index contributed by atoms with van der Waals surface area (Å²) in [5.74, 6) is 0. The smallest absolute Gasteiger partial charge is 0.250 e. The van der Waals surface area contributed by atoms with Crippen LogP contribution in [0, 0.1) is 0 Å². The Morgan fingerprint density at radius 3 is 2.71 bits per heavy atom. The average molecular weight is 203 g/mol. The van der Waals surface area contributed by atoms with Crippen LogP contribution in [0.15, 0.2) is 12.4 Å². The number of hydrogen-bond acceptors (Lipinski definition) is 2. The third-order valence-electron chi connectivity index (χ3n) is 1.81. The van der Waals surface area contributed by atoms with Crippen LogP contribution >= 0.6 is 0 Å². The molecule has 0 saturated heterocycles. The van der Waals surface area contributed by atoms with Gasteiger partial charge in [-0.3, -0.25) is 4.68 Å². The second-order valence-corrected chi connectivity index (χ2v) is 3.44. The summed E-state index contributed by atoms with van der Waals surface area (Å²) < 4.78 is 25.4. The quantitative estimate of drug-likeness (QED) is 0.791. The number of alkyl halides is 2. The summed E-state index contributed by atoms with van der Waals surface area (Å²) in [5, 5.41) is 6.75. The van der Waals surface area contributed by atoms with Gasteiger partial charge in [0, 0.05) is 24.3 Å². The highest BCUT2D eigenvalue weighted by Gasteiger charge is 2.03. The van der Waals surface area contributed by atoms with E-state index in [0.29, 0.717) is 12.6 Å². The number of aromatic nitrogens is 2. The third kappa shape index (κ3) is 3.41. The van der Waals surface area contributed by atoms with Gasteiger partial charge in [-0.15, -0.1) is 0 Å². The molecule has 14 heavy (non-hydrogen) atoms. The first-order valence-corrected chi connectivity index (χ1v) is 4.61. The van der Waals surface area contributed by atoms with E-state index >= 15 is 0 Å². The molecular weight excluding hydrogens is 188 g/mol. The molecule has 0 saturated carbocycles. The molecule has 0 aromatic carbocycles. The van der Waals surface area contributed by atoms with Crippen molar-refractivity contribution in [1.82, 2.24) is 15.1 Å². The molecule has 0 aliphatic carbocycles. The molecule has 0 fully saturated rings. The minimum absolute atomic E-state index is 0.271. The Kier molecular flexibility index (Phi) is 4.00. The SMILES string of the molecule is CC(C)n1cc(CNCC(F)F)cn1. The summed E-state index contributed by atoms with van der Waals surface area (Å²) in [6.07, 6.45) is 1.26. The molecule has 0 aliphatic heterocycles. The predicted molar refractivity (Wildman–Crippen MR) is 50.3 cm³/mol. The number of rotatable bonds is 5. The summed E-state index contributed by atoms with van der Waals surface area (Å²) in [6, 6.07) is 0.304. The van der Waals surface area contributed by atoms with Crippen molar-refractivity contribution in [2.24, 2.45) is 0 Å². The lowest BCUT2D eigenvalue weighted by Crippen LogP contribution is -2.20. The fourth-order valence-electron chi connectivity index (χ4n) is 1.08. The van der Waals surface area contributed by atoms with Crippen LogP contribution in [0.1, 0.15) is 25.5 Å². The van der Waals surface area contributed by atoms with Gasteiger partial charge in [0.25, 0.3) is 6.43 Å². The third-order valence-corrected chi connectivity index (χ3v) is 1.81. The van der Waals surface area contributed by atoms with Crippen LogP contribution in [0.3, 0.4) is 0 Å². The highest BCUT2D eigenvalue weighted by molar-refractivity contribution is 5.03. The van der Waals surface area contributed by atoms with Crippen molar-refractivity contribution in [3.8, 4) is 0 Å². The van der Waals surface area contributed by atoms with Crippen molar-refractivity contribution >= 4 is 0 Å². The van der Waals surface area contributed by atoms with Crippen molar-refractivity contribution < 1.29 is 8.78 Å². The van der Waals surface area contributed by atoms with E-state index in [1.54, 1.807) is 10.9 Å². The molecule has 1 aromatic rings. The predicted octanol–water partition coefficient (Wildman–Crippen LogP) is 1.82. The molecule has 0 unspecified atom stereocenters. The molecule has 0 aliphatic rings. The number of nitrogens with one attached hydrogen (secondary N) is 1. The first-order chi connectivity index (χ1) is 6.59. The first kappa shape index (κ1) is 11.1. The number of nitrogens with zero attached hydrogens (tertiary/aromatic N) is 2. The second kappa shape index (κ2) is 5.05. The van der Waals surface area contributed by atoms with E-state index in [0.717, 1.165) is 5.56 Å². The van der Waals surface area contributed by atoms with E-state index in [1.165, 1.54) is 0 Å². The van der Waals surface area contributed by atoms with Crippen molar-refractivity contribution in [3.63, 3.8) is 0 Å². The van der Waals surface area contributed by atoms with Gasteiger partial charge in [0.1, 0.15) is 0 Å². The van der Waals surface area contributed by atoms with Gasteiger partial charge in [-0.2, -0.15) is 5.10 Å². The first-order valence-electron chi connectivity index (χ1n) is 4.61. The summed E-state index contributed by atoms with van der Waals surface area (Å²) in [5.41, 5.74) is 0.930. The van der Waals surface area contributed by atoms with Gasteiger partial charge in [-0.25, -0.2) is 8.78 Å². The van der Waals surface area contributed by atoms with Crippen molar-refractivity contribution in [2.75, 3.05) is 6.54 Å². The van der Waals surface area contributed by atoms with Gasteiger partial charge in [-0.05, 0) is 13.8 Å². The highest BCUT2D eigenvalue weighted by atomic mass is 19.3. The van der Waals surface area contributed by atoms with Gasteiger partial charge in [0.2, 0.25) is 0 Å². The van der Waals surface area contributed by atoms with Crippen molar-refractivity contribution in [1.29, 1.82) is 0 Å². The lowest BCUT2D eigenvalue weighted by atomic mass is 10.3. The topological polar surface area (TPSA) is 29.9 Å². The summed E-state index contributed by atoms with van der Waals surface area (Å²) in [6.45, 7) is 4.21. The molecule has 5 heteroatoms. The Hall–Kier alpha value is -0.970. The van der Waals surface area contributed by atoms with Crippen LogP contribution in [0.4, 0.5) is 8.78 Å². The molecule has 1 rings (SSSR count). The monoisotopic (exact) mass is 203 g/mol. The minimum atomic E-state index is -2.30. The van der Waals surface area contributed by atoms with Gasteiger partial charge in [-0.1, -0.05) is 0 Å². The summed E-state index contributed by atoms with van der Waals surface area (Å²) in [4.78, 5) is 0. The normalized spacial score (nSPS) is 11.6. The van der Waals surface area contributed by atoms with E-state index in [4.69, 9.17) is 0 Å². The standard InChI is InChI=1S/C9H15F2N3/c1-7(2)14-6-8(4-13-14)3-12-5-9(10)11/h4,6-7,9,12H,3,5H2,1-2H3. The molecule has 1 heterocycles. The van der Waals surface area contributed by atoms with Gasteiger partial charge in [0.15, 0.2) is 0 Å². The van der Waals surface area contributed by atoms with E-state index in [2.05, 4.69) is 10.4 Å². The van der Waals surface area contributed by atoms with E-state index in [-0.39, 0.29) is 6.54 Å². The average Bonchev–Trinajstić information content (AvgIpc) is 2.52. The molecule has 1 N–H and O–H groups in total. The van der Waals surface area contributed by atoms with Crippen LogP contribution in [-0.4, -0.2) is 22.8 Å². The Labute approximate surface area is 82.1 Å². The van der Waals surface area contributed by atoms with Crippen LogP contribution in [0.2, 0.25) is 0 Å². The zero-order valence-electron chi connectivity index (χ0n) is 8.37. The maximum absolute atomic E-state index is 11.8. The summed E-state index contributed by atoms with van der Waals surface area (Å²) in [7, 11) is 0. The maximum Gasteiger partial charge on any atom is 0.250 e. The second-order valence-electron chi connectivity index (χ2n) is 3.44. The molecule has 3 nitrogen and oxygen atoms in total.